The van der Waals surface area contributed by atoms with Crippen LogP contribution < -0.4 is 0 Å². The van der Waals surface area contributed by atoms with E-state index in [0.717, 1.165) is 11.1 Å². The van der Waals surface area contributed by atoms with Crippen molar-refractivity contribution in [1.82, 2.24) is 15.0 Å². The Labute approximate surface area is 85.6 Å². The molecule has 15 heavy (non-hydrogen) atoms. The first-order valence-electron chi connectivity index (χ1n) is 4.55. The van der Waals surface area contributed by atoms with E-state index in [1.807, 2.05) is 24.3 Å². The van der Waals surface area contributed by atoms with Gasteiger partial charge in [-0.2, -0.15) is 0 Å². The Bertz CT molecular complexity index is 556. The van der Waals surface area contributed by atoms with Gasteiger partial charge in [0.1, 0.15) is 17.5 Å². The zero-order chi connectivity index (χ0) is 10.1. The summed E-state index contributed by atoms with van der Waals surface area (Å²) in [4.78, 5) is 12.2. The molecule has 1 aromatic carbocycles. The highest BCUT2D eigenvalue weighted by Crippen LogP contribution is 2.21. The first kappa shape index (κ1) is 8.11. The Balaban J connectivity index is 2.21. The van der Waals surface area contributed by atoms with Crippen LogP contribution in [-0.2, 0) is 0 Å². The van der Waals surface area contributed by atoms with Crippen LogP contribution in [0.4, 0.5) is 0 Å². The SMILES string of the molecule is c1ccc2oc(-c3ccncn3)nc2c1. The lowest BCUT2D eigenvalue weighted by atomic mass is 10.3. The number of hydrogen-bond acceptors (Lipinski definition) is 4. The molecule has 0 atom stereocenters. The molecule has 0 N–H and O–H groups in total. The maximum Gasteiger partial charge on any atom is 0.246 e. The molecule has 0 aliphatic heterocycles. The van der Waals surface area contributed by atoms with Gasteiger partial charge in [-0.15, -0.1) is 0 Å². The van der Waals surface area contributed by atoms with Crippen LogP contribution in [0.2, 0.25) is 0 Å². The standard InChI is InChI=1S/C11H7N3O/c1-2-4-10-8(3-1)14-11(15-10)9-5-6-12-7-13-9/h1-7H. The largest absolute Gasteiger partial charge is 0.435 e. The summed E-state index contributed by atoms with van der Waals surface area (Å²) >= 11 is 0. The number of para-hydroxylation sites is 2. The Morgan fingerprint density at radius 1 is 1.07 bits per heavy atom. The molecule has 0 spiro atoms. The van der Waals surface area contributed by atoms with Gasteiger partial charge in [-0.1, -0.05) is 12.1 Å². The van der Waals surface area contributed by atoms with Crippen LogP contribution in [0.3, 0.4) is 0 Å². The third kappa shape index (κ3) is 1.36. The summed E-state index contributed by atoms with van der Waals surface area (Å²) in [5.41, 5.74) is 2.30. The van der Waals surface area contributed by atoms with Gasteiger partial charge in [-0.3, -0.25) is 0 Å². The minimum absolute atomic E-state index is 0.526. The molecule has 0 amide bonds. The van der Waals surface area contributed by atoms with E-state index in [2.05, 4.69) is 15.0 Å². The fraction of sp³-hybridized carbons (Fsp3) is 0. The van der Waals surface area contributed by atoms with Crippen molar-refractivity contribution in [2.45, 2.75) is 0 Å². The number of rotatable bonds is 1. The second kappa shape index (κ2) is 3.16. The molecule has 0 radical (unpaired) electrons. The predicted molar refractivity (Wildman–Crippen MR) is 55.0 cm³/mol. The number of hydrogen-bond donors (Lipinski definition) is 0. The summed E-state index contributed by atoms with van der Waals surface area (Å²) in [6.45, 7) is 0. The van der Waals surface area contributed by atoms with Gasteiger partial charge < -0.3 is 4.42 Å². The van der Waals surface area contributed by atoms with E-state index in [4.69, 9.17) is 4.42 Å². The molecule has 0 aliphatic carbocycles. The number of aromatic nitrogens is 3. The summed E-state index contributed by atoms with van der Waals surface area (Å²) in [5, 5.41) is 0. The molecule has 2 aromatic heterocycles. The normalized spacial score (nSPS) is 10.7. The molecule has 2 heterocycles. The predicted octanol–water partition coefficient (Wildman–Crippen LogP) is 2.28. The Hall–Kier alpha value is -2.23. The van der Waals surface area contributed by atoms with Gasteiger partial charge in [0, 0.05) is 6.20 Å². The molecule has 0 saturated heterocycles. The lowest BCUT2D eigenvalue weighted by Crippen LogP contribution is -1.82. The molecule has 3 rings (SSSR count). The Morgan fingerprint density at radius 3 is 2.80 bits per heavy atom. The van der Waals surface area contributed by atoms with Crippen molar-refractivity contribution < 1.29 is 4.42 Å². The minimum Gasteiger partial charge on any atom is -0.435 e. The first-order valence-corrected chi connectivity index (χ1v) is 4.55. The number of nitrogens with zero attached hydrogens (tertiary/aromatic N) is 3. The Morgan fingerprint density at radius 2 is 2.00 bits per heavy atom. The van der Waals surface area contributed by atoms with Crippen molar-refractivity contribution in [2.24, 2.45) is 0 Å². The highest BCUT2D eigenvalue weighted by Gasteiger charge is 2.07. The second-order valence-corrected chi connectivity index (χ2v) is 3.08. The van der Waals surface area contributed by atoms with Gasteiger partial charge >= 0.3 is 0 Å². The average Bonchev–Trinajstić information content (AvgIpc) is 2.74. The van der Waals surface area contributed by atoms with Crippen molar-refractivity contribution in [3.63, 3.8) is 0 Å². The second-order valence-electron chi connectivity index (χ2n) is 3.08. The van der Waals surface area contributed by atoms with Gasteiger partial charge in [0.2, 0.25) is 5.89 Å². The van der Waals surface area contributed by atoms with Gasteiger partial charge in [0.25, 0.3) is 0 Å². The van der Waals surface area contributed by atoms with Crippen molar-refractivity contribution in [3.8, 4) is 11.6 Å². The minimum atomic E-state index is 0.526. The van der Waals surface area contributed by atoms with Crippen molar-refractivity contribution in [1.29, 1.82) is 0 Å². The zero-order valence-electron chi connectivity index (χ0n) is 7.79. The van der Waals surface area contributed by atoms with E-state index in [-0.39, 0.29) is 0 Å². The molecular formula is C11H7N3O. The van der Waals surface area contributed by atoms with Crippen molar-refractivity contribution >= 4 is 11.1 Å². The maximum absolute atomic E-state index is 5.55. The fourth-order valence-corrected chi connectivity index (χ4v) is 1.40. The first-order chi connectivity index (χ1) is 7.43. The smallest absolute Gasteiger partial charge is 0.246 e. The van der Waals surface area contributed by atoms with Gasteiger partial charge in [-0.05, 0) is 18.2 Å². The highest BCUT2D eigenvalue weighted by molar-refractivity contribution is 5.75. The van der Waals surface area contributed by atoms with E-state index < -0.39 is 0 Å². The summed E-state index contributed by atoms with van der Waals surface area (Å²) in [6, 6.07) is 9.40. The topological polar surface area (TPSA) is 51.8 Å². The molecular weight excluding hydrogens is 190 g/mol. The third-order valence-corrected chi connectivity index (χ3v) is 2.09. The summed E-state index contributed by atoms with van der Waals surface area (Å²) in [6.07, 6.45) is 3.14. The molecule has 0 bridgehead atoms. The van der Waals surface area contributed by atoms with E-state index in [1.165, 1.54) is 6.33 Å². The van der Waals surface area contributed by atoms with Crippen LogP contribution >= 0.6 is 0 Å². The summed E-state index contributed by atoms with van der Waals surface area (Å²) in [5.74, 6) is 0.526. The molecule has 0 fully saturated rings. The van der Waals surface area contributed by atoms with Crippen LogP contribution in [0.15, 0.2) is 47.3 Å². The van der Waals surface area contributed by atoms with Crippen LogP contribution in [0.1, 0.15) is 0 Å². The van der Waals surface area contributed by atoms with E-state index in [1.54, 1.807) is 12.3 Å². The van der Waals surface area contributed by atoms with Gasteiger partial charge in [-0.25, -0.2) is 15.0 Å². The van der Waals surface area contributed by atoms with Gasteiger partial charge in [0.05, 0.1) is 0 Å². The third-order valence-electron chi connectivity index (χ3n) is 2.09. The number of oxazole rings is 1. The Kier molecular flexibility index (Phi) is 1.71. The van der Waals surface area contributed by atoms with Crippen molar-refractivity contribution in [2.75, 3.05) is 0 Å². The van der Waals surface area contributed by atoms with Crippen molar-refractivity contribution in [3.05, 3.63) is 42.9 Å². The van der Waals surface area contributed by atoms with Crippen LogP contribution in [0.5, 0.6) is 0 Å². The quantitative estimate of drug-likeness (QED) is 0.600. The van der Waals surface area contributed by atoms with Crippen LogP contribution in [0.25, 0.3) is 22.7 Å². The molecule has 4 nitrogen and oxygen atoms in total. The monoisotopic (exact) mass is 197 g/mol. The maximum atomic E-state index is 5.55. The molecule has 3 aromatic rings. The lowest BCUT2D eigenvalue weighted by Gasteiger charge is -1.89. The molecule has 4 heteroatoms. The number of fused-ring (bicyclic) bond motifs is 1. The fourth-order valence-electron chi connectivity index (χ4n) is 1.40. The summed E-state index contributed by atoms with van der Waals surface area (Å²) in [7, 11) is 0. The van der Waals surface area contributed by atoms with E-state index in [9.17, 15) is 0 Å². The molecule has 0 saturated carbocycles. The highest BCUT2D eigenvalue weighted by atomic mass is 16.3. The van der Waals surface area contributed by atoms with Crippen LogP contribution in [-0.4, -0.2) is 15.0 Å². The molecule has 0 aliphatic rings. The summed E-state index contributed by atoms with van der Waals surface area (Å²) < 4.78 is 5.55. The molecule has 0 unspecified atom stereocenters. The van der Waals surface area contributed by atoms with E-state index >= 15 is 0 Å². The average molecular weight is 197 g/mol. The molecule has 72 valence electrons. The van der Waals surface area contributed by atoms with E-state index in [0.29, 0.717) is 11.6 Å². The van der Waals surface area contributed by atoms with Crippen LogP contribution in [0, 0.1) is 0 Å². The van der Waals surface area contributed by atoms with Gasteiger partial charge in [0.15, 0.2) is 5.58 Å². The zero-order valence-corrected chi connectivity index (χ0v) is 7.79. The lowest BCUT2D eigenvalue weighted by molar-refractivity contribution is 0.616. The number of benzene rings is 1.